The molecule has 3 aromatic rings. The fourth-order valence-electron chi connectivity index (χ4n) is 2.20. The van der Waals surface area contributed by atoms with E-state index in [1.54, 1.807) is 18.5 Å². The van der Waals surface area contributed by atoms with Crippen LogP contribution < -0.4 is 5.73 Å². The highest BCUT2D eigenvalue weighted by molar-refractivity contribution is 5.79. The van der Waals surface area contributed by atoms with E-state index in [0.717, 1.165) is 28.7 Å². The van der Waals surface area contributed by atoms with Crippen LogP contribution in [0.1, 0.15) is 11.1 Å². The molecule has 0 atom stereocenters. The van der Waals surface area contributed by atoms with Gasteiger partial charge in [-0.15, -0.1) is 0 Å². The molecule has 21 heavy (non-hydrogen) atoms. The summed E-state index contributed by atoms with van der Waals surface area (Å²) in [7, 11) is 0. The normalized spacial score (nSPS) is 12.0. The molecule has 0 aliphatic heterocycles. The molecule has 0 saturated heterocycles. The summed E-state index contributed by atoms with van der Waals surface area (Å²) in [4.78, 5) is 4.24. The lowest BCUT2D eigenvalue weighted by atomic mass is 10.1. The Hall–Kier alpha value is -2.50. The molecule has 3 rings (SSSR count). The Kier molecular flexibility index (Phi) is 3.08. The van der Waals surface area contributed by atoms with Crippen molar-refractivity contribution < 1.29 is 13.2 Å². The molecule has 1 aromatic heterocycles. The minimum atomic E-state index is -4.31. The van der Waals surface area contributed by atoms with Gasteiger partial charge in [0.15, 0.2) is 0 Å². The summed E-state index contributed by atoms with van der Waals surface area (Å²) in [6.07, 6.45) is -2.65. The summed E-state index contributed by atoms with van der Waals surface area (Å²) >= 11 is 0. The number of anilines is 1. The third-order valence-corrected chi connectivity index (χ3v) is 3.28. The molecule has 0 aliphatic carbocycles. The van der Waals surface area contributed by atoms with Crippen molar-refractivity contribution in [2.75, 3.05) is 5.73 Å². The van der Waals surface area contributed by atoms with Gasteiger partial charge in [0.2, 0.25) is 0 Å². The van der Waals surface area contributed by atoms with E-state index in [1.165, 1.54) is 12.1 Å². The molecule has 3 nitrogen and oxygen atoms in total. The summed E-state index contributed by atoms with van der Waals surface area (Å²) in [5.74, 6) is 0. The zero-order chi connectivity index (χ0) is 15.0. The zero-order valence-corrected chi connectivity index (χ0v) is 10.9. The van der Waals surface area contributed by atoms with Gasteiger partial charge in [-0.25, -0.2) is 4.98 Å². The van der Waals surface area contributed by atoms with Crippen LogP contribution in [0.2, 0.25) is 0 Å². The molecule has 6 heteroatoms. The van der Waals surface area contributed by atoms with Crippen LogP contribution in [0.5, 0.6) is 0 Å². The number of nitrogen functional groups attached to an aromatic ring is 1. The second kappa shape index (κ2) is 4.80. The van der Waals surface area contributed by atoms with Crippen molar-refractivity contribution in [1.82, 2.24) is 9.55 Å². The van der Waals surface area contributed by atoms with Crippen LogP contribution in [0.15, 0.2) is 48.8 Å². The molecule has 0 unspecified atom stereocenters. The molecule has 0 amide bonds. The first-order valence-corrected chi connectivity index (χ1v) is 6.30. The summed E-state index contributed by atoms with van der Waals surface area (Å²) in [5.41, 5.74) is 8.11. The standard InChI is InChI=1S/C15H12F3N3/c16-15(17,18)11-3-1-10(2-4-11)8-21-9-20-13-7-12(19)5-6-14(13)21/h1-7,9H,8,19H2. The number of benzene rings is 2. The van der Waals surface area contributed by atoms with Gasteiger partial charge in [0.25, 0.3) is 0 Å². The molecular formula is C15H12F3N3. The minimum Gasteiger partial charge on any atom is -0.399 e. The lowest BCUT2D eigenvalue weighted by Gasteiger charge is -2.08. The van der Waals surface area contributed by atoms with Gasteiger partial charge < -0.3 is 10.3 Å². The summed E-state index contributed by atoms with van der Waals surface area (Å²) in [5, 5.41) is 0. The Morgan fingerprint density at radius 2 is 1.76 bits per heavy atom. The number of nitrogens with two attached hydrogens (primary N) is 1. The second-order valence-electron chi connectivity index (χ2n) is 4.82. The molecule has 0 spiro atoms. The van der Waals surface area contributed by atoms with Crippen molar-refractivity contribution in [3.63, 3.8) is 0 Å². The Labute approximate surface area is 118 Å². The molecule has 0 aliphatic rings. The van der Waals surface area contributed by atoms with Gasteiger partial charge in [-0.2, -0.15) is 13.2 Å². The van der Waals surface area contributed by atoms with Crippen LogP contribution in [0.25, 0.3) is 11.0 Å². The van der Waals surface area contributed by atoms with E-state index < -0.39 is 11.7 Å². The number of rotatable bonds is 2. The Morgan fingerprint density at radius 3 is 2.43 bits per heavy atom. The van der Waals surface area contributed by atoms with Gasteiger partial charge in [-0.1, -0.05) is 12.1 Å². The first kappa shape index (κ1) is 13.5. The number of alkyl halides is 3. The van der Waals surface area contributed by atoms with Gasteiger partial charge in [0.05, 0.1) is 22.9 Å². The quantitative estimate of drug-likeness (QED) is 0.732. The van der Waals surface area contributed by atoms with Crippen LogP contribution >= 0.6 is 0 Å². The average Bonchev–Trinajstić information content (AvgIpc) is 2.80. The minimum absolute atomic E-state index is 0.457. The lowest BCUT2D eigenvalue weighted by Crippen LogP contribution is -2.05. The number of imidazole rings is 1. The Morgan fingerprint density at radius 1 is 1.05 bits per heavy atom. The number of nitrogens with zero attached hydrogens (tertiary/aromatic N) is 2. The van der Waals surface area contributed by atoms with Crippen molar-refractivity contribution in [3.05, 3.63) is 59.9 Å². The van der Waals surface area contributed by atoms with Gasteiger partial charge >= 0.3 is 6.18 Å². The van der Waals surface area contributed by atoms with Crippen LogP contribution in [0.4, 0.5) is 18.9 Å². The molecule has 0 fully saturated rings. The topological polar surface area (TPSA) is 43.8 Å². The van der Waals surface area contributed by atoms with E-state index in [0.29, 0.717) is 12.2 Å². The predicted octanol–water partition coefficient (Wildman–Crippen LogP) is 3.69. The molecule has 2 aromatic carbocycles. The van der Waals surface area contributed by atoms with Gasteiger partial charge in [-0.05, 0) is 35.9 Å². The van der Waals surface area contributed by atoms with Crippen molar-refractivity contribution in [2.45, 2.75) is 12.7 Å². The number of hydrogen-bond donors (Lipinski definition) is 1. The highest BCUT2D eigenvalue weighted by Gasteiger charge is 2.29. The largest absolute Gasteiger partial charge is 0.416 e. The number of hydrogen-bond acceptors (Lipinski definition) is 2. The van der Waals surface area contributed by atoms with E-state index in [2.05, 4.69) is 4.98 Å². The van der Waals surface area contributed by atoms with Crippen LogP contribution in [-0.4, -0.2) is 9.55 Å². The maximum absolute atomic E-state index is 12.5. The van der Waals surface area contributed by atoms with Crippen molar-refractivity contribution in [1.29, 1.82) is 0 Å². The number of halogens is 3. The first-order chi connectivity index (χ1) is 9.93. The molecular weight excluding hydrogens is 279 g/mol. The van der Waals surface area contributed by atoms with E-state index in [-0.39, 0.29) is 0 Å². The van der Waals surface area contributed by atoms with E-state index in [1.807, 2.05) is 10.6 Å². The molecule has 0 radical (unpaired) electrons. The third-order valence-electron chi connectivity index (χ3n) is 3.28. The molecule has 0 saturated carbocycles. The fraction of sp³-hybridized carbons (Fsp3) is 0.133. The van der Waals surface area contributed by atoms with E-state index in [4.69, 9.17) is 5.73 Å². The van der Waals surface area contributed by atoms with Gasteiger partial charge in [-0.3, -0.25) is 0 Å². The maximum Gasteiger partial charge on any atom is 0.416 e. The van der Waals surface area contributed by atoms with Crippen molar-refractivity contribution in [3.8, 4) is 0 Å². The summed E-state index contributed by atoms with van der Waals surface area (Å²) in [6, 6.07) is 10.5. The monoisotopic (exact) mass is 291 g/mol. The van der Waals surface area contributed by atoms with E-state index in [9.17, 15) is 13.2 Å². The number of fused-ring (bicyclic) bond motifs is 1. The molecule has 1 heterocycles. The smallest absolute Gasteiger partial charge is 0.399 e. The zero-order valence-electron chi connectivity index (χ0n) is 10.9. The lowest BCUT2D eigenvalue weighted by molar-refractivity contribution is -0.137. The fourth-order valence-corrected chi connectivity index (χ4v) is 2.20. The van der Waals surface area contributed by atoms with Crippen molar-refractivity contribution >= 4 is 16.7 Å². The molecule has 0 bridgehead atoms. The Bertz CT molecular complexity index is 773. The predicted molar refractivity (Wildman–Crippen MR) is 74.7 cm³/mol. The van der Waals surface area contributed by atoms with E-state index >= 15 is 0 Å². The average molecular weight is 291 g/mol. The van der Waals surface area contributed by atoms with Gasteiger partial charge in [0, 0.05) is 12.2 Å². The summed E-state index contributed by atoms with van der Waals surface area (Å²) in [6.45, 7) is 0.457. The van der Waals surface area contributed by atoms with Crippen molar-refractivity contribution in [2.24, 2.45) is 0 Å². The number of aromatic nitrogens is 2. The summed E-state index contributed by atoms with van der Waals surface area (Å²) < 4.78 is 39.4. The second-order valence-corrected chi connectivity index (χ2v) is 4.82. The van der Waals surface area contributed by atoms with Crippen LogP contribution in [-0.2, 0) is 12.7 Å². The highest BCUT2D eigenvalue weighted by Crippen LogP contribution is 2.29. The van der Waals surface area contributed by atoms with Gasteiger partial charge in [0.1, 0.15) is 0 Å². The maximum atomic E-state index is 12.5. The first-order valence-electron chi connectivity index (χ1n) is 6.30. The third kappa shape index (κ3) is 2.69. The molecule has 108 valence electrons. The Balaban J connectivity index is 1.88. The van der Waals surface area contributed by atoms with Crippen LogP contribution in [0.3, 0.4) is 0 Å². The van der Waals surface area contributed by atoms with Crippen LogP contribution in [0, 0.1) is 0 Å². The molecule has 2 N–H and O–H groups in total. The SMILES string of the molecule is Nc1ccc2c(c1)ncn2Cc1ccc(C(F)(F)F)cc1. The highest BCUT2D eigenvalue weighted by atomic mass is 19.4.